The van der Waals surface area contributed by atoms with Crippen molar-refractivity contribution in [3.8, 4) is 11.5 Å². The molecule has 1 aliphatic carbocycles. The lowest BCUT2D eigenvalue weighted by Gasteiger charge is -2.33. The number of carbonyl (C=O) groups is 3. The first kappa shape index (κ1) is 26.0. The molecule has 2 aliphatic rings. The quantitative estimate of drug-likeness (QED) is 0.270. The van der Waals surface area contributed by atoms with Crippen molar-refractivity contribution >= 4 is 17.6 Å². The van der Waals surface area contributed by atoms with Crippen LogP contribution in [0.3, 0.4) is 0 Å². The maximum Gasteiger partial charge on any atom is 0.243 e. The van der Waals surface area contributed by atoms with Gasteiger partial charge in [-0.25, -0.2) is 5.48 Å². The molecule has 1 atom stereocenters. The van der Waals surface area contributed by atoms with Crippen LogP contribution in [0.1, 0.15) is 80.1 Å². The number of rotatable bonds is 12. The highest BCUT2D eigenvalue weighted by molar-refractivity contribution is 6.02. The molecule has 188 valence electrons. The molecule has 8 nitrogen and oxygen atoms in total. The topological polar surface area (TPSA) is 105 Å². The van der Waals surface area contributed by atoms with Crippen molar-refractivity contribution in [2.45, 2.75) is 70.6 Å². The van der Waals surface area contributed by atoms with Crippen molar-refractivity contribution < 1.29 is 29.1 Å². The van der Waals surface area contributed by atoms with Crippen molar-refractivity contribution in [3.05, 3.63) is 23.3 Å². The molecule has 3 rings (SSSR count). The van der Waals surface area contributed by atoms with E-state index in [0.29, 0.717) is 30.3 Å². The number of ether oxygens (including phenoxy) is 2. The molecule has 0 aromatic heterocycles. The number of likely N-dealkylation sites (tertiary alicyclic amines) is 1. The minimum Gasteiger partial charge on any atom is -0.493 e. The Balaban J connectivity index is 1.35. The molecule has 2 N–H and O–H groups in total. The predicted molar refractivity (Wildman–Crippen MR) is 127 cm³/mol. The molecule has 34 heavy (non-hydrogen) atoms. The van der Waals surface area contributed by atoms with E-state index < -0.39 is 0 Å². The SMILES string of the molecule is COc1cc2c(cc1OC)C(=O)C(CC1CCN(C(=O)CCCCCCCC(=O)NO)CC1)C2. The molecule has 0 saturated carbocycles. The monoisotopic (exact) mass is 474 g/mol. The maximum absolute atomic E-state index is 13.0. The van der Waals surface area contributed by atoms with E-state index in [1.807, 2.05) is 17.0 Å². The molecule has 1 saturated heterocycles. The number of piperidine rings is 1. The van der Waals surface area contributed by atoms with Crippen LogP contribution in [0.5, 0.6) is 11.5 Å². The van der Waals surface area contributed by atoms with E-state index in [0.717, 1.165) is 82.0 Å². The summed E-state index contributed by atoms with van der Waals surface area (Å²) in [6.07, 6.45) is 8.94. The number of benzene rings is 1. The highest BCUT2D eigenvalue weighted by Gasteiger charge is 2.34. The van der Waals surface area contributed by atoms with E-state index in [2.05, 4.69) is 0 Å². The number of nitrogens with zero attached hydrogens (tertiary/aromatic N) is 1. The van der Waals surface area contributed by atoms with E-state index in [-0.39, 0.29) is 23.5 Å². The third kappa shape index (κ3) is 6.72. The maximum atomic E-state index is 13.0. The zero-order valence-corrected chi connectivity index (χ0v) is 20.4. The zero-order chi connectivity index (χ0) is 24.5. The van der Waals surface area contributed by atoms with Crippen LogP contribution in [0.15, 0.2) is 12.1 Å². The van der Waals surface area contributed by atoms with Crippen LogP contribution < -0.4 is 15.0 Å². The minimum absolute atomic E-state index is 0.00233. The number of hydrogen-bond acceptors (Lipinski definition) is 6. The van der Waals surface area contributed by atoms with Gasteiger partial charge >= 0.3 is 0 Å². The Hall–Kier alpha value is -2.61. The molecule has 8 heteroatoms. The number of ketones is 1. The van der Waals surface area contributed by atoms with Gasteiger partial charge in [-0.05, 0) is 62.1 Å². The first-order chi connectivity index (χ1) is 16.5. The van der Waals surface area contributed by atoms with Gasteiger partial charge in [0.15, 0.2) is 17.3 Å². The van der Waals surface area contributed by atoms with Gasteiger partial charge in [0.05, 0.1) is 14.2 Å². The van der Waals surface area contributed by atoms with Crippen molar-refractivity contribution in [1.29, 1.82) is 0 Å². The third-order valence-electron chi connectivity index (χ3n) is 7.22. The molecule has 1 unspecified atom stereocenters. The first-order valence-corrected chi connectivity index (χ1v) is 12.5. The van der Waals surface area contributed by atoms with E-state index in [9.17, 15) is 14.4 Å². The van der Waals surface area contributed by atoms with Crippen LogP contribution in [-0.2, 0) is 16.0 Å². The standard InChI is InChI=1S/C26H38N2O6/c1-33-22-16-19-15-20(26(31)21(19)17-23(22)34-2)14-18-10-12-28(13-11-18)25(30)9-7-5-3-4-6-8-24(29)27-32/h16-18,20,32H,3-15H2,1-2H3,(H,27,29). The lowest BCUT2D eigenvalue weighted by Crippen LogP contribution is -2.39. The zero-order valence-electron chi connectivity index (χ0n) is 20.4. The number of hydrogen-bond donors (Lipinski definition) is 2. The van der Waals surface area contributed by atoms with E-state index in [1.165, 1.54) is 0 Å². The Labute approximate surface area is 201 Å². The van der Waals surface area contributed by atoms with Gasteiger partial charge in [-0.1, -0.05) is 19.3 Å². The molecule has 1 aliphatic heterocycles. The van der Waals surface area contributed by atoms with Gasteiger partial charge < -0.3 is 14.4 Å². The summed E-state index contributed by atoms with van der Waals surface area (Å²) in [5, 5.41) is 8.47. The summed E-state index contributed by atoms with van der Waals surface area (Å²) in [6, 6.07) is 3.74. The van der Waals surface area contributed by atoms with Crippen LogP contribution in [0, 0.1) is 11.8 Å². The fraction of sp³-hybridized carbons (Fsp3) is 0.654. The third-order valence-corrected chi connectivity index (χ3v) is 7.22. The molecule has 2 amide bonds. The number of unbranched alkanes of at least 4 members (excludes halogenated alkanes) is 4. The van der Waals surface area contributed by atoms with Gasteiger partial charge in [-0.15, -0.1) is 0 Å². The summed E-state index contributed by atoms with van der Waals surface area (Å²) in [7, 11) is 3.19. The van der Waals surface area contributed by atoms with Crippen LogP contribution in [0.25, 0.3) is 0 Å². The van der Waals surface area contributed by atoms with Gasteiger partial charge in [-0.2, -0.15) is 0 Å². The fourth-order valence-corrected chi connectivity index (χ4v) is 5.21. The predicted octanol–water partition coefficient (Wildman–Crippen LogP) is 3.92. The lowest BCUT2D eigenvalue weighted by atomic mass is 9.85. The van der Waals surface area contributed by atoms with Gasteiger partial charge in [0, 0.05) is 37.4 Å². The Morgan fingerprint density at radius 1 is 1.00 bits per heavy atom. The highest BCUT2D eigenvalue weighted by Crippen LogP contribution is 2.39. The van der Waals surface area contributed by atoms with Gasteiger partial charge in [0.2, 0.25) is 11.8 Å². The molecule has 0 bridgehead atoms. The second kappa shape index (κ2) is 12.7. The molecular weight excluding hydrogens is 436 g/mol. The summed E-state index contributed by atoms with van der Waals surface area (Å²) in [4.78, 5) is 38.5. The van der Waals surface area contributed by atoms with Crippen molar-refractivity contribution in [3.63, 3.8) is 0 Å². The molecule has 1 aromatic carbocycles. The number of amides is 2. The minimum atomic E-state index is -0.346. The average molecular weight is 475 g/mol. The second-order valence-electron chi connectivity index (χ2n) is 9.49. The summed E-state index contributed by atoms with van der Waals surface area (Å²) in [5.74, 6) is 1.80. The Morgan fingerprint density at radius 3 is 2.26 bits per heavy atom. The summed E-state index contributed by atoms with van der Waals surface area (Å²) in [6.45, 7) is 1.55. The largest absolute Gasteiger partial charge is 0.493 e. The number of nitrogens with one attached hydrogen (secondary N) is 1. The molecule has 1 aromatic rings. The van der Waals surface area contributed by atoms with Crippen LogP contribution in [0.4, 0.5) is 0 Å². The highest BCUT2D eigenvalue weighted by atomic mass is 16.5. The van der Waals surface area contributed by atoms with Crippen molar-refractivity contribution in [2.75, 3.05) is 27.3 Å². The number of hydroxylamine groups is 1. The van der Waals surface area contributed by atoms with Gasteiger partial charge in [-0.3, -0.25) is 19.6 Å². The number of Topliss-reactive ketones (excluding diaryl/α,β-unsaturated/α-hetero) is 1. The average Bonchev–Trinajstić information content (AvgIpc) is 3.16. The van der Waals surface area contributed by atoms with Crippen LogP contribution >= 0.6 is 0 Å². The summed E-state index contributed by atoms with van der Waals surface area (Å²) >= 11 is 0. The molecular formula is C26H38N2O6. The molecule has 1 heterocycles. The van der Waals surface area contributed by atoms with E-state index in [4.69, 9.17) is 14.7 Å². The summed E-state index contributed by atoms with van der Waals surface area (Å²) < 4.78 is 10.7. The Bertz CT molecular complexity index is 863. The fourth-order valence-electron chi connectivity index (χ4n) is 5.21. The van der Waals surface area contributed by atoms with Gasteiger partial charge in [0.1, 0.15) is 0 Å². The molecule has 1 fully saturated rings. The Kier molecular flexibility index (Phi) is 9.74. The van der Waals surface area contributed by atoms with Crippen LogP contribution in [0.2, 0.25) is 0 Å². The number of carbonyl (C=O) groups excluding carboxylic acids is 3. The molecule has 0 radical (unpaired) electrons. The smallest absolute Gasteiger partial charge is 0.243 e. The van der Waals surface area contributed by atoms with Gasteiger partial charge in [0.25, 0.3) is 0 Å². The summed E-state index contributed by atoms with van der Waals surface area (Å²) in [5.41, 5.74) is 3.44. The second-order valence-corrected chi connectivity index (χ2v) is 9.49. The van der Waals surface area contributed by atoms with E-state index in [1.54, 1.807) is 19.7 Å². The lowest BCUT2D eigenvalue weighted by molar-refractivity contribution is -0.132. The molecule has 0 spiro atoms. The number of fused-ring (bicyclic) bond motifs is 1. The van der Waals surface area contributed by atoms with Crippen LogP contribution in [-0.4, -0.2) is 55.0 Å². The first-order valence-electron chi connectivity index (χ1n) is 12.5. The van der Waals surface area contributed by atoms with Crippen molar-refractivity contribution in [1.82, 2.24) is 10.4 Å². The number of methoxy groups -OCH3 is 2. The normalized spacial score (nSPS) is 18.0. The van der Waals surface area contributed by atoms with E-state index >= 15 is 0 Å². The van der Waals surface area contributed by atoms with Crippen molar-refractivity contribution in [2.24, 2.45) is 11.8 Å². The Morgan fingerprint density at radius 2 is 1.62 bits per heavy atom.